The zero-order valence-corrected chi connectivity index (χ0v) is 11.5. The molecular weight excluding hydrogens is 318 g/mol. The van der Waals surface area contributed by atoms with Crippen LogP contribution in [0.15, 0.2) is 24.2 Å². The normalized spacial score (nSPS) is 13.8. The molecule has 0 spiro atoms. The molecule has 0 fully saturated rings. The Morgan fingerprint density at radius 1 is 0.667 bits per heavy atom. The summed E-state index contributed by atoms with van der Waals surface area (Å²) in [6.07, 6.45) is 0. The van der Waals surface area contributed by atoms with Gasteiger partial charge in [-0.2, -0.15) is 0 Å². The van der Waals surface area contributed by atoms with Crippen molar-refractivity contribution in [2.24, 2.45) is 0 Å². The number of hydrogen-bond donors (Lipinski definition) is 0. The molecule has 0 amide bonds. The largest absolute Gasteiger partial charge is 0.449 e. The van der Waals surface area contributed by atoms with Gasteiger partial charge in [-0.1, -0.05) is 46.4 Å². The molecule has 2 aromatic rings. The van der Waals surface area contributed by atoms with Crippen LogP contribution in [-0.2, 0) is 0 Å². The molecule has 1 aliphatic rings. The van der Waals surface area contributed by atoms with Crippen LogP contribution in [0.5, 0.6) is 23.0 Å². The summed E-state index contributed by atoms with van der Waals surface area (Å²) in [4.78, 5) is 0. The lowest BCUT2D eigenvalue weighted by Crippen LogP contribution is -1.99. The Balaban J connectivity index is 2.22. The van der Waals surface area contributed by atoms with Gasteiger partial charge in [0.05, 0.1) is 22.8 Å². The molecule has 0 unspecified atom stereocenters. The fourth-order valence-electron chi connectivity index (χ4n) is 1.45. The first-order valence-electron chi connectivity index (χ1n) is 5.73. The Labute approximate surface area is 126 Å². The average molecular weight is 326 g/mol. The molecule has 6 heteroatoms. The minimum Gasteiger partial charge on any atom is -0.449 e. The SMILES string of the molecule is [3H]c1c(Cl)c(Cl)cc2c1Oc1cc(Cl)c(Cl)c([3H])c1O2. The van der Waals surface area contributed by atoms with Gasteiger partial charge >= 0.3 is 0 Å². The van der Waals surface area contributed by atoms with E-state index in [4.69, 9.17) is 58.6 Å². The molecule has 92 valence electrons. The van der Waals surface area contributed by atoms with E-state index in [-0.39, 0.29) is 55.2 Å². The molecule has 0 radical (unpaired) electrons. The van der Waals surface area contributed by atoms with Crippen LogP contribution in [0.3, 0.4) is 0 Å². The molecule has 2 nitrogen and oxygen atoms in total. The highest BCUT2D eigenvalue weighted by Gasteiger charge is 2.21. The van der Waals surface area contributed by atoms with E-state index in [1.54, 1.807) is 0 Å². The molecule has 0 aliphatic carbocycles. The smallest absolute Gasteiger partial charge is 0.171 e. The van der Waals surface area contributed by atoms with Crippen LogP contribution >= 0.6 is 46.4 Å². The molecule has 1 heterocycles. The second-order valence-electron chi connectivity index (χ2n) is 3.45. The van der Waals surface area contributed by atoms with Crippen molar-refractivity contribution in [3.8, 4) is 23.0 Å². The third-order valence-corrected chi connectivity index (χ3v) is 3.64. The molecule has 1 aliphatic heterocycles. The summed E-state index contributed by atoms with van der Waals surface area (Å²) in [5.41, 5.74) is 0. The van der Waals surface area contributed by atoms with Gasteiger partial charge in [0, 0.05) is 24.2 Å². The number of hydrogen-bond acceptors (Lipinski definition) is 2. The number of rotatable bonds is 0. The first kappa shape index (κ1) is 10.0. The van der Waals surface area contributed by atoms with E-state index in [1.807, 2.05) is 0 Å². The van der Waals surface area contributed by atoms with Crippen LogP contribution in [-0.4, -0.2) is 0 Å². The lowest BCUT2D eigenvalue weighted by molar-refractivity contribution is 0.359. The molecule has 3 rings (SSSR count). The van der Waals surface area contributed by atoms with Gasteiger partial charge in [-0.25, -0.2) is 0 Å². The summed E-state index contributed by atoms with van der Waals surface area (Å²) in [5.74, 6) is 0.627. The van der Waals surface area contributed by atoms with Crippen LogP contribution in [0.25, 0.3) is 0 Å². The second kappa shape index (κ2) is 4.39. The molecule has 2 aromatic carbocycles. The first-order chi connectivity index (χ1) is 9.40. The number of fused-ring (bicyclic) bond motifs is 2. The van der Waals surface area contributed by atoms with Gasteiger partial charge in [0.2, 0.25) is 0 Å². The highest BCUT2D eigenvalue weighted by Crippen LogP contribution is 2.49. The lowest BCUT2D eigenvalue weighted by atomic mass is 10.2. The Kier molecular flexibility index (Phi) is 2.45. The first-order valence-corrected chi connectivity index (χ1v) is 6.24. The lowest BCUT2D eigenvalue weighted by Gasteiger charge is -2.21. The molecule has 18 heavy (non-hydrogen) atoms. The molecule has 0 aromatic heterocycles. The minimum atomic E-state index is -0.0996. The maximum absolute atomic E-state index is 7.88. The summed E-state index contributed by atoms with van der Waals surface area (Å²) in [6, 6.07) is 2.64. The van der Waals surface area contributed by atoms with Crippen LogP contribution in [0.1, 0.15) is 2.74 Å². The predicted molar refractivity (Wildman–Crippen MR) is 73.1 cm³/mol. The Morgan fingerprint density at radius 3 is 1.44 bits per heavy atom. The van der Waals surface area contributed by atoms with Gasteiger partial charge in [0.15, 0.2) is 23.0 Å². The van der Waals surface area contributed by atoms with Crippen molar-refractivity contribution in [2.45, 2.75) is 0 Å². The number of benzene rings is 2. The quantitative estimate of drug-likeness (QED) is 0.490. The summed E-state index contributed by atoms with van der Waals surface area (Å²) in [7, 11) is 0. The van der Waals surface area contributed by atoms with E-state index in [1.165, 1.54) is 12.1 Å². The van der Waals surface area contributed by atoms with Crippen molar-refractivity contribution in [1.82, 2.24) is 0 Å². The molecule has 0 N–H and O–H groups in total. The molecule has 0 saturated carbocycles. The van der Waals surface area contributed by atoms with Gasteiger partial charge in [0.1, 0.15) is 0 Å². The topological polar surface area (TPSA) is 18.5 Å². The fourth-order valence-corrected chi connectivity index (χ4v) is 2.03. The predicted octanol–water partition coefficient (Wildman–Crippen LogP) is 6.20. The van der Waals surface area contributed by atoms with Crippen molar-refractivity contribution in [3.05, 3.63) is 44.3 Å². The van der Waals surface area contributed by atoms with Crippen molar-refractivity contribution in [3.63, 3.8) is 0 Å². The van der Waals surface area contributed by atoms with Gasteiger partial charge in [-0.05, 0) is 0 Å². The van der Waals surface area contributed by atoms with Crippen LogP contribution in [0, 0.1) is 0 Å². The summed E-state index contributed by atoms with van der Waals surface area (Å²) >= 11 is 23.6. The average Bonchev–Trinajstić information content (AvgIpc) is 2.42. The number of ether oxygens (including phenoxy) is 2. The van der Waals surface area contributed by atoms with E-state index in [9.17, 15) is 0 Å². The van der Waals surface area contributed by atoms with E-state index in [0.717, 1.165) is 0 Å². The van der Waals surface area contributed by atoms with Crippen LogP contribution in [0.2, 0.25) is 20.1 Å². The fraction of sp³-hybridized carbons (Fsp3) is 0. The maximum Gasteiger partial charge on any atom is 0.171 e. The summed E-state index contributed by atoms with van der Waals surface area (Å²) in [5, 5.41) is 0.440. The van der Waals surface area contributed by atoms with Crippen molar-refractivity contribution in [2.75, 3.05) is 0 Å². The van der Waals surface area contributed by atoms with E-state index in [2.05, 4.69) is 0 Å². The third kappa shape index (κ3) is 1.99. The van der Waals surface area contributed by atoms with Gasteiger partial charge < -0.3 is 9.47 Å². The highest BCUT2D eigenvalue weighted by atomic mass is 35.5. The molecular formula is C12H4Cl4O2. The zero-order valence-electron chi connectivity index (χ0n) is 10.5. The van der Waals surface area contributed by atoms with Crippen LogP contribution < -0.4 is 9.47 Å². The highest BCUT2D eigenvalue weighted by molar-refractivity contribution is 6.42. The summed E-state index contributed by atoms with van der Waals surface area (Å²) in [6.45, 7) is 0. The van der Waals surface area contributed by atoms with E-state index < -0.39 is 0 Å². The van der Waals surface area contributed by atoms with Crippen LogP contribution in [0.4, 0.5) is 0 Å². The Bertz CT molecular complexity index is 686. The van der Waals surface area contributed by atoms with Crippen molar-refractivity contribution < 1.29 is 12.2 Å². The van der Waals surface area contributed by atoms with Crippen molar-refractivity contribution >= 4 is 46.4 Å². The molecule has 0 saturated heterocycles. The van der Waals surface area contributed by atoms with Gasteiger partial charge in [-0.15, -0.1) is 0 Å². The second-order valence-corrected chi connectivity index (χ2v) is 5.02. The summed E-state index contributed by atoms with van der Waals surface area (Å²) < 4.78 is 26.8. The molecule has 0 bridgehead atoms. The van der Waals surface area contributed by atoms with Gasteiger partial charge in [0.25, 0.3) is 0 Å². The number of halogens is 4. The van der Waals surface area contributed by atoms with Gasteiger partial charge in [-0.3, -0.25) is 0 Å². The minimum absolute atomic E-state index is 0.0589. The van der Waals surface area contributed by atoms with Crippen molar-refractivity contribution in [1.29, 1.82) is 0 Å². The standard InChI is InChI=1S/C12H4Cl4O2/c13-5-1-9-10(2-6(5)14)18-12-4-8(16)7(15)3-11(12)17-9/h1-4H/i1T,4T. The zero-order chi connectivity index (χ0) is 14.6. The van der Waals surface area contributed by atoms with E-state index >= 15 is 0 Å². The molecule has 0 atom stereocenters. The van der Waals surface area contributed by atoms with E-state index in [0.29, 0.717) is 0 Å². The Hall–Kier alpha value is -0.800. The maximum atomic E-state index is 7.88. The monoisotopic (exact) mass is 324 g/mol. The Morgan fingerprint density at radius 2 is 1.06 bits per heavy atom. The third-order valence-electron chi connectivity index (χ3n) is 2.25.